The summed E-state index contributed by atoms with van der Waals surface area (Å²) in [7, 11) is 0. The summed E-state index contributed by atoms with van der Waals surface area (Å²) in [5.74, 6) is -16.4. The molecule has 0 heterocycles. The highest BCUT2D eigenvalue weighted by atomic mass is 16.6. The molecule has 0 aliphatic rings. The predicted octanol–water partition coefficient (Wildman–Crippen LogP) is -0.145. The summed E-state index contributed by atoms with van der Waals surface area (Å²) in [6.45, 7) is 5.82. The second kappa shape index (κ2) is 13.1. The van der Waals surface area contributed by atoms with Crippen LogP contribution in [0.3, 0.4) is 0 Å². The second-order valence-corrected chi connectivity index (χ2v) is 7.37. The van der Waals surface area contributed by atoms with Gasteiger partial charge in [0.15, 0.2) is 6.10 Å². The van der Waals surface area contributed by atoms with Crippen LogP contribution in [0, 0.1) is 17.8 Å². The van der Waals surface area contributed by atoms with Crippen LogP contribution in [0.4, 0.5) is 0 Å². The summed E-state index contributed by atoms with van der Waals surface area (Å²) in [5, 5.41) is 29.5. The van der Waals surface area contributed by atoms with E-state index in [-0.39, 0.29) is 0 Å². The molecule has 0 aliphatic heterocycles. The van der Waals surface area contributed by atoms with Crippen molar-refractivity contribution in [1.82, 2.24) is 0 Å². The Bertz CT molecular complexity index is 818. The third kappa shape index (κ3) is 9.03. The van der Waals surface area contributed by atoms with Crippen molar-refractivity contribution >= 4 is 41.8 Å². The molecule has 0 aromatic rings. The van der Waals surface area contributed by atoms with E-state index in [4.69, 9.17) is 18.9 Å². The van der Waals surface area contributed by atoms with Gasteiger partial charge in [-0.3, -0.25) is 33.6 Å². The molecule has 3 N–H and O–H groups in total. The largest absolute Gasteiger partial charge is 0.481 e. The van der Waals surface area contributed by atoms with Crippen LogP contribution in [0.1, 0.15) is 41.5 Å². The average Bonchev–Trinajstić information content (AvgIpc) is 2.61. The molecule has 192 valence electrons. The normalized spacial score (nSPS) is 16.9. The minimum atomic E-state index is -2.36. The number of aliphatic carboxylic acids is 3. The van der Waals surface area contributed by atoms with Crippen molar-refractivity contribution in [3.63, 3.8) is 0 Å². The lowest BCUT2D eigenvalue weighted by Gasteiger charge is -2.37. The number of carbonyl (C=O) groups is 7. The molecular formula is C20H28O14. The number of carbonyl (C=O) groups excluding carboxylic acids is 4. The summed E-state index contributed by atoms with van der Waals surface area (Å²) in [4.78, 5) is 82.6. The first-order valence-electron chi connectivity index (χ1n) is 9.88. The van der Waals surface area contributed by atoms with Crippen LogP contribution < -0.4 is 0 Å². The lowest BCUT2D eigenvalue weighted by molar-refractivity contribution is -0.194. The van der Waals surface area contributed by atoms with Crippen LogP contribution >= 0.6 is 0 Å². The van der Waals surface area contributed by atoms with E-state index in [2.05, 4.69) is 0 Å². The van der Waals surface area contributed by atoms with Crippen LogP contribution in [-0.2, 0) is 52.5 Å². The fourth-order valence-electron chi connectivity index (χ4n) is 3.48. The standard InChI is InChI=1S/C20H28O14/c1-7(31-9(3)21)13(18(25)26)17(34-12(6)24)15(20(29)30)14(19(27)28)16(33-11(5)23)8(2)32-10(4)22/h7-8,13-17H,1-6H3,(H,25,26)(H,27,28)(H,29,30). The van der Waals surface area contributed by atoms with Crippen molar-refractivity contribution in [1.29, 1.82) is 0 Å². The number of esters is 4. The lowest BCUT2D eigenvalue weighted by atomic mass is 9.76. The molecule has 0 bridgehead atoms. The smallest absolute Gasteiger partial charge is 0.314 e. The molecule has 14 nitrogen and oxygen atoms in total. The lowest BCUT2D eigenvalue weighted by Crippen LogP contribution is -2.55. The maximum atomic E-state index is 12.3. The zero-order chi connectivity index (χ0) is 26.9. The van der Waals surface area contributed by atoms with E-state index >= 15 is 0 Å². The topological polar surface area (TPSA) is 217 Å². The summed E-state index contributed by atoms with van der Waals surface area (Å²) in [6.07, 6.45) is -7.23. The average molecular weight is 492 g/mol. The zero-order valence-corrected chi connectivity index (χ0v) is 19.4. The van der Waals surface area contributed by atoms with Crippen molar-refractivity contribution in [3.05, 3.63) is 0 Å². The van der Waals surface area contributed by atoms with Gasteiger partial charge < -0.3 is 34.3 Å². The maximum Gasteiger partial charge on any atom is 0.314 e. The van der Waals surface area contributed by atoms with Crippen molar-refractivity contribution in [3.8, 4) is 0 Å². The van der Waals surface area contributed by atoms with Crippen LogP contribution in [-0.4, -0.2) is 81.5 Å². The van der Waals surface area contributed by atoms with Crippen LogP contribution in [0.5, 0.6) is 0 Å². The van der Waals surface area contributed by atoms with Gasteiger partial charge in [-0.05, 0) is 13.8 Å². The molecule has 34 heavy (non-hydrogen) atoms. The number of carboxylic acids is 3. The maximum absolute atomic E-state index is 12.3. The van der Waals surface area contributed by atoms with Gasteiger partial charge in [-0.15, -0.1) is 0 Å². The van der Waals surface area contributed by atoms with E-state index in [9.17, 15) is 48.9 Å². The van der Waals surface area contributed by atoms with Crippen LogP contribution in [0.2, 0.25) is 0 Å². The summed E-state index contributed by atoms with van der Waals surface area (Å²) < 4.78 is 19.6. The first kappa shape index (κ1) is 30.3. The van der Waals surface area contributed by atoms with Gasteiger partial charge in [0.25, 0.3) is 0 Å². The van der Waals surface area contributed by atoms with Gasteiger partial charge in [-0.2, -0.15) is 0 Å². The molecule has 7 unspecified atom stereocenters. The predicted molar refractivity (Wildman–Crippen MR) is 107 cm³/mol. The fourth-order valence-corrected chi connectivity index (χ4v) is 3.48. The highest BCUT2D eigenvalue weighted by Gasteiger charge is 2.54. The zero-order valence-electron chi connectivity index (χ0n) is 19.4. The van der Waals surface area contributed by atoms with Gasteiger partial charge in [0, 0.05) is 27.7 Å². The summed E-state index contributed by atoms with van der Waals surface area (Å²) in [6, 6.07) is 0. The van der Waals surface area contributed by atoms with Crippen molar-refractivity contribution in [2.45, 2.75) is 66.0 Å². The number of carboxylic acid groups (broad SMARTS) is 3. The quantitative estimate of drug-likeness (QED) is 0.225. The van der Waals surface area contributed by atoms with E-state index in [0.717, 1.165) is 41.5 Å². The molecule has 7 atom stereocenters. The van der Waals surface area contributed by atoms with Crippen LogP contribution in [0.15, 0.2) is 0 Å². The molecule has 0 rings (SSSR count). The Hall–Kier alpha value is -3.71. The first-order chi connectivity index (χ1) is 15.5. The molecular weight excluding hydrogens is 464 g/mol. The van der Waals surface area contributed by atoms with Gasteiger partial charge >= 0.3 is 41.8 Å². The van der Waals surface area contributed by atoms with Gasteiger partial charge in [-0.25, -0.2) is 0 Å². The van der Waals surface area contributed by atoms with E-state index in [1.807, 2.05) is 0 Å². The van der Waals surface area contributed by atoms with Crippen molar-refractivity contribution < 1.29 is 67.8 Å². The van der Waals surface area contributed by atoms with Crippen molar-refractivity contribution in [2.24, 2.45) is 17.8 Å². The molecule has 0 aromatic heterocycles. The third-order valence-electron chi connectivity index (χ3n) is 4.58. The second-order valence-electron chi connectivity index (χ2n) is 7.37. The number of hydrogen-bond acceptors (Lipinski definition) is 11. The molecule has 0 saturated carbocycles. The fraction of sp³-hybridized carbons (Fsp3) is 0.650. The number of ether oxygens (including phenoxy) is 4. The molecule has 0 saturated heterocycles. The Morgan fingerprint density at radius 3 is 1.09 bits per heavy atom. The van der Waals surface area contributed by atoms with Gasteiger partial charge in [0.05, 0.1) is 0 Å². The molecule has 0 aromatic carbocycles. The molecule has 0 fully saturated rings. The van der Waals surface area contributed by atoms with Crippen molar-refractivity contribution in [2.75, 3.05) is 0 Å². The van der Waals surface area contributed by atoms with E-state index < -0.39 is 84.0 Å². The SMILES string of the molecule is CC(=O)OC(C)C(OC(C)=O)C(C(=O)O)C(C(=O)O)C(OC(C)=O)C(C(=O)O)C(C)OC(C)=O. The van der Waals surface area contributed by atoms with Gasteiger partial charge in [0.2, 0.25) is 0 Å². The van der Waals surface area contributed by atoms with E-state index in [1.54, 1.807) is 0 Å². The minimum absolute atomic E-state index is 0.822. The van der Waals surface area contributed by atoms with Gasteiger partial charge in [-0.1, -0.05) is 0 Å². The highest BCUT2D eigenvalue weighted by Crippen LogP contribution is 2.33. The third-order valence-corrected chi connectivity index (χ3v) is 4.58. The number of rotatable bonds is 13. The van der Waals surface area contributed by atoms with E-state index in [0.29, 0.717) is 0 Å². The summed E-state index contributed by atoms with van der Waals surface area (Å²) >= 11 is 0. The molecule has 0 amide bonds. The highest BCUT2D eigenvalue weighted by molar-refractivity contribution is 5.84. The Morgan fingerprint density at radius 2 is 0.765 bits per heavy atom. The van der Waals surface area contributed by atoms with Crippen LogP contribution in [0.25, 0.3) is 0 Å². The molecule has 0 radical (unpaired) electrons. The van der Waals surface area contributed by atoms with E-state index in [1.165, 1.54) is 0 Å². The first-order valence-corrected chi connectivity index (χ1v) is 9.88. The Labute approximate surface area is 194 Å². The van der Waals surface area contributed by atoms with Gasteiger partial charge in [0.1, 0.15) is 36.1 Å². The Balaban J connectivity index is 6.93. The Morgan fingerprint density at radius 1 is 0.471 bits per heavy atom. The Kier molecular flexibility index (Phi) is 11.7. The molecule has 0 aliphatic carbocycles. The molecule has 14 heteroatoms. The molecule has 0 spiro atoms. The summed E-state index contributed by atoms with van der Waals surface area (Å²) in [5.41, 5.74) is 0. The minimum Gasteiger partial charge on any atom is -0.481 e. The monoisotopic (exact) mass is 492 g/mol. The number of hydrogen-bond donors (Lipinski definition) is 3.